The predicted molar refractivity (Wildman–Crippen MR) is 81.6 cm³/mol. The van der Waals surface area contributed by atoms with Gasteiger partial charge in [-0.2, -0.15) is 0 Å². The number of hydrogen-bond donors (Lipinski definition) is 0. The van der Waals surface area contributed by atoms with Crippen LogP contribution in [0.3, 0.4) is 0 Å². The highest BCUT2D eigenvalue weighted by molar-refractivity contribution is 7.09. The average Bonchev–Trinajstić information content (AvgIpc) is 3.10. The fourth-order valence-corrected chi connectivity index (χ4v) is 2.88. The monoisotopic (exact) mass is 301 g/mol. The third-order valence-corrected chi connectivity index (χ3v) is 4.32. The van der Waals surface area contributed by atoms with Crippen LogP contribution in [0.1, 0.15) is 33.7 Å². The Morgan fingerprint density at radius 3 is 2.90 bits per heavy atom. The highest BCUT2D eigenvalue weighted by Crippen LogP contribution is 2.25. The molecule has 21 heavy (non-hydrogen) atoms. The largest absolute Gasteiger partial charge is 0.453 e. The van der Waals surface area contributed by atoms with Gasteiger partial charge in [-0.25, -0.2) is 9.78 Å². The molecule has 0 bridgehead atoms. The van der Waals surface area contributed by atoms with E-state index in [1.54, 1.807) is 11.3 Å². The summed E-state index contributed by atoms with van der Waals surface area (Å²) in [5.41, 5.74) is 2.28. The van der Waals surface area contributed by atoms with Crippen molar-refractivity contribution in [1.29, 1.82) is 0 Å². The minimum atomic E-state index is -0.449. The summed E-state index contributed by atoms with van der Waals surface area (Å²) in [6.07, 6.45) is 0.890. The summed E-state index contributed by atoms with van der Waals surface area (Å²) in [5, 5.41) is 3.89. The zero-order chi connectivity index (χ0) is 14.8. The molecule has 0 fully saturated rings. The Balaban J connectivity index is 1.76. The van der Waals surface area contributed by atoms with Crippen LogP contribution in [-0.4, -0.2) is 11.0 Å². The molecule has 5 heteroatoms. The van der Waals surface area contributed by atoms with Crippen molar-refractivity contribution in [3.05, 3.63) is 51.7 Å². The van der Waals surface area contributed by atoms with Crippen LogP contribution in [0.25, 0.3) is 11.0 Å². The Morgan fingerprint density at radius 2 is 2.19 bits per heavy atom. The van der Waals surface area contributed by atoms with Gasteiger partial charge >= 0.3 is 5.97 Å². The molecule has 0 atom stereocenters. The van der Waals surface area contributed by atoms with Gasteiger partial charge in [-0.15, -0.1) is 11.3 Å². The lowest BCUT2D eigenvalue weighted by atomic mass is 10.1. The molecular formula is C16H15NO3S. The molecule has 0 amide bonds. The van der Waals surface area contributed by atoms with E-state index in [9.17, 15) is 4.79 Å². The number of fused-ring (bicyclic) bond motifs is 1. The maximum absolute atomic E-state index is 12.1. The second kappa shape index (κ2) is 5.69. The minimum Gasteiger partial charge on any atom is -0.453 e. The van der Waals surface area contributed by atoms with Crippen molar-refractivity contribution in [3.8, 4) is 0 Å². The van der Waals surface area contributed by atoms with Gasteiger partial charge in [0, 0.05) is 16.3 Å². The van der Waals surface area contributed by atoms with Crippen molar-refractivity contribution in [2.75, 3.05) is 0 Å². The fraction of sp³-hybridized carbons (Fsp3) is 0.250. The SMILES string of the molecule is CCc1nc(COC(=O)c2oc3ccccc3c2C)cs1. The molecular weight excluding hydrogens is 286 g/mol. The number of para-hydroxylation sites is 1. The Morgan fingerprint density at radius 1 is 1.38 bits per heavy atom. The van der Waals surface area contributed by atoms with Crippen molar-refractivity contribution in [2.24, 2.45) is 0 Å². The van der Waals surface area contributed by atoms with E-state index in [0.29, 0.717) is 5.58 Å². The minimum absolute atomic E-state index is 0.172. The molecule has 0 aliphatic heterocycles. The standard InChI is InChI=1S/C16H15NO3S/c1-3-14-17-11(9-21-14)8-19-16(18)15-10(2)12-6-4-5-7-13(12)20-15/h4-7,9H,3,8H2,1-2H3. The van der Waals surface area contributed by atoms with Gasteiger partial charge < -0.3 is 9.15 Å². The van der Waals surface area contributed by atoms with Crippen LogP contribution >= 0.6 is 11.3 Å². The van der Waals surface area contributed by atoms with Crippen molar-refractivity contribution in [3.63, 3.8) is 0 Å². The Labute approximate surface area is 126 Å². The molecule has 3 rings (SSSR count). The molecule has 0 unspecified atom stereocenters. The van der Waals surface area contributed by atoms with Gasteiger partial charge in [0.1, 0.15) is 12.2 Å². The summed E-state index contributed by atoms with van der Waals surface area (Å²) < 4.78 is 10.9. The number of benzene rings is 1. The average molecular weight is 301 g/mol. The Kier molecular flexibility index (Phi) is 3.75. The molecule has 2 aromatic heterocycles. The van der Waals surface area contributed by atoms with Gasteiger partial charge in [0.25, 0.3) is 0 Å². The molecule has 2 heterocycles. The topological polar surface area (TPSA) is 52.3 Å². The third-order valence-electron chi connectivity index (χ3n) is 3.28. The molecule has 108 valence electrons. The first-order valence-electron chi connectivity index (χ1n) is 6.77. The first kappa shape index (κ1) is 13.8. The van der Waals surface area contributed by atoms with Crippen LogP contribution in [-0.2, 0) is 17.8 Å². The van der Waals surface area contributed by atoms with Crippen molar-refractivity contribution >= 4 is 28.3 Å². The van der Waals surface area contributed by atoms with Crippen LogP contribution in [0, 0.1) is 6.92 Å². The number of esters is 1. The lowest BCUT2D eigenvalue weighted by molar-refractivity contribution is 0.0433. The lowest BCUT2D eigenvalue weighted by Crippen LogP contribution is -2.05. The number of ether oxygens (including phenoxy) is 1. The molecule has 0 saturated heterocycles. The number of nitrogens with zero attached hydrogens (tertiary/aromatic N) is 1. The van der Waals surface area contributed by atoms with Gasteiger partial charge in [-0.3, -0.25) is 0 Å². The van der Waals surface area contributed by atoms with Crippen LogP contribution in [0.4, 0.5) is 0 Å². The summed E-state index contributed by atoms with van der Waals surface area (Å²) >= 11 is 1.58. The van der Waals surface area contributed by atoms with E-state index >= 15 is 0 Å². The van der Waals surface area contributed by atoms with Crippen LogP contribution < -0.4 is 0 Å². The van der Waals surface area contributed by atoms with Crippen LogP contribution in [0.5, 0.6) is 0 Å². The van der Waals surface area contributed by atoms with E-state index in [0.717, 1.165) is 28.1 Å². The molecule has 0 radical (unpaired) electrons. The van der Waals surface area contributed by atoms with Crippen molar-refractivity contribution in [2.45, 2.75) is 26.9 Å². The van der Waals surface area contributed by atoms with E-state index < -0.39 is 5.97 Å². The summed E-state index contributed by atoms with van der Waals surface area (Å²) in [6, 6.07) is 7.56. The van der Waals surface area contributed by atoms with Gasteiger partial charge in [0.2, 0.25) is 5.76 Å². The lowest BCUT2D eigenvalue weighted by Gasteiger charge is -2.00. The fourth-order valence-electron chi connectivity index (χ4n) is 2.15. The van der Waals surface area contributed by atoms with Gasteiger partial charge in [-0.05, 0) is 19.4 Å². The number of furan rings is 1. The second-order valence-corrected chi connectivity index (χ2v) is 5.66. The van der Waals surface area contributed by atoms with Crippen molar-refractivity contribution < 1.29 is 13.9 Å². The summed E-state index contributed by atoms with van der Waals surface area (Å²) in [4.78, 5) is 16.5. The Bertz CT molecular complexity index is 788. The molecule has 0 spiro atoms. The molecule has 0 aliphatic rings. The maximum Gasteiger partial charge on any atom is 0.374 e. The van der Waals surface area contributed by atoms with Crippen LogP contribution in [0.15, 0.2) is 34.1 Å². The second-order valence-electron chi connectivity index (χ2n) is 4.71. The van der Waals surface area contributed by atoms with Crippen LogP contribution in [0.2, 0.25) is 0 Å². The predicted octanol–water partition coefficient (Wildman–Crippen LogP) is 4.12. The van der Waals surface area contributed by atoms with E-state index in [-0.39, 0.29) is 12.4 Å². The van der Waals surface area contributed by atoms with E-state index in [2.05, 4.69) is 4.98 Å². The summed E-state index contributed by atoms with van der Waals surface area (Å²) in [6.45, 7) is 4.08. The molecule has 1 aromatic carbocycles. The van der Waals surface area contributed by atoms with Gasteiger partial charge in [0.05, 0.1) is 10.7 Å². The molecule has 0 aliphatic carbocycles. The van der Waals surface area contributed by atoms with Crippen molar-refractivity contribution in [1.82, 2.24) is 4.98 Å². The normalized spacial score (nSPS) is 11.0. The number of carbonyl (C=O) groups excluding carboxylic acids is 1. The Hall–Kier alpha value is -2.14. The van der Waals surface area contributed by atoms with E-state index in [1.807, 2.05) is 43.5 Å². The third kappa shape index (κ3) is 2.69. The number of hydrogen-bond acceptors (Lipinski definition) is 5. The molecule has 4 nitrogen and oxygen atoms in total. The summed E-state index contributed by atoms with van der Waals surface area (Å²) in [5.74, 6) is -0.183. The molecule has 0 N–H and O–H groups in total. The summed E-state index contributed by atoms with van der Waals surface area (Å²) in [7, 11) is 0. The highest BCUT2D eigenvalue weighted by atomic mass is 32.1. The number of thiazole rings is 1. The zero-order valence-corrected chi connectivity index (χ0v) is 12.7. The number of rotatable bonds is 4. The molecule has 0 saturated carbocycles. The number of carbonyl (C=O) groups is 1. The van der Waals surface area contributed by atoms with Gasteiger partial charge in [-0.1, -0.05) is 25.1 Å². The first-order valence-corrected chi connectivity index (χ1v) is 7.65. The zero-order valence-electron chi connectivity index (χ0n) is 11.9. The first-order chi connectivity index (χ1) is 10.2. The maximum atomic E-state index is 12.1. The number of aromatic nitrogens is 1. The van der Waals surface area contributed by atoms with E-state index in [4.69, 9.17) is 9.15 Å². The number of aryl methyl sites for hydroxylation is 2. The van der Waals surface area contributed by atoms with Gasteiger partial charge in [0.15, 0.2) is 0 Å². The molecule has 3 aromatic rings. The highest BCUT2D eigenvalue weighted by Gasteiger charge is 2.19. The quantitative estimate of drug-likeness (QED) is 0.680. The smallest absolute Gasteiger partial charge is 0.374 e. The van der Waals surface area contributed by atoms with E-state index in [1.165, 1.54) is 0 Å².